The van der Waals surface area contributed by atoms with E-state index in [-0.39, 0.29) is 0 Å². The molecule has 0 saturated heterocycles. The minimum atomic E-state index is 1.04. The molecule has 38 heavy (non-hydrogen) atoms. The van der Waals surface area contributed by atoms with Gasteiger partial charge in [0.2, 0.25) is 0 Å². The minimum absolute atomic E-state index is 1.04. The molecule has 4 aromatic carbocycles. The SMILES string of the molecule is Cc1ccc(C=Cc2cc3ccc(C#Cc4ccc5cc(C=Cc6ccc(C)cc6)sc5c4)cc3s2)cc1. The molecule has 0 spiro atoms. The first-order chi connectivity index (χ1) is 18.6. The number of rotatable bonds is 4. The summed E-state index contributed by atoms with van der Waals surface area (Å²) in [6.07, 6.45) is 8.74. The molecule has 0 radical (unpaired) electrons. The first-order valence-corrected chi connectivity index (χ1v) is 14.3. The van der Waals surface area contributed by atoms with Crippen LogP contribution in [0.5, 0.6) is 0 Å². The average molecular weight is 523 g/mol. The van der Waals surface area contributed by atoms with Crippen LogP contribution in [0.25, 0.3) is 44.5 Å². The predicted molar refractivity (Wildman–Crippen MR) is 170 cm³/mol. The zero-order valence-corrected chi connectivity index (χ0v) is 23.0. The van der Waals surface area contributed by atoms with Gasteiger partial charge in [0, 0.05) is 30.3 Å². The number of hydrogen-bond donors (Lipinski definition) is 0. The van der Waals surface area contributed by atoms with Crippen molar-refractivity contribution in [3.63, 3.8) is 0 Å². The van der Waals surface area contributed by atoms with Crippen LogP contribution in [-0.4, -0.2) is 0 Å². The summed E-state index contributed by atoms with van der Waals surface area (Å²) in [4.78, 5) is 2.50. The van der Waals surface area contributed by atoms with Gasteiger partial charge in [-0.2, -0.15) is 0 Å². The molecule has 0 amide bonds. The fraction of sp³-hybridized carbons (Fsp3) is 0.0556. The van der Waals surface area contributed by atoms with E-state index >= 15 is 0 Å². The summed E-state index contributed by atoms with van der Waals surface area (Å²) in [5.74, 6) is 6.75. The second-order valence-electron chi connectivity index (χ2n) is 9.54. The van der Waals surface area contributed by atoms with Crippen molar-refractivity contribution in [1.29, 1.82) is 0 Å². The Kier molecular flexibility index (Phi) is 6.80. The predicted octanol–water partition coefficient (Wildman–Crippen LogP) is 10.5. The van der Waals surface area contributed by atoms with E-state index in [0.717, 1.165) is 11.1 Å². The number of thiophene rings is 2. The molecular weight excluding hydrogens is 497 g/mol. The van der Waals surface area contributed by atoms with Crippen molar-refractivity contribution in [2.75, 3.05) is 0 Å². The lowest BCUT2D eigenvalue weighted by Gasteiger charge is -1.93. The van der Waals surface area contributed by atoms with Gasteiger partial charge in [-0.15, -0.1) is 22.7 Å². The molecule has 0 bridgehead atoms. The third-order valence-electron chi connectivity index (χ3n) is 6.46. The molecule has 0 nitrogen and oxygen atoms in total. The van der Waals surface area contributed by atoms with Crippen molar-refractivity contribution < 1.29 is 0 Å². The van der Waals surface area contributed by atoms with E-state index in [1.807, 2.05) is 0 Å². The van der Waals surface area contributed by atoms with Crippen LogP contribution in [-0.2, 0) is 0 Å². The Morgan fingerprint density at radius 3 is 1.32 bits per heavy atom. The Morgan fingerprint density at radius 1 is 0.474 bits per heavy atom. The van der Waals surface area contributed by atoms with E-state index in [1.54, 1.807) is 22.7 Å². The molecule has 0 unspecified atom stereocenters. The number of aryl methyl sites for hydroxylation is 2. The quantitative estimate of drug-likeness (QED) is 0.202. The van der Waals surface area contributed by atoms with Crippen LogP contribution in [0.3, 0.4) is 0 Å². The van der Waals surface area contributed by atoms with Gasteiger partial charge < -0.3 is 0 Å². The highest BCUT2D eigenvalue weighted by molar-refractivity contribution is 7.20. The Morgan fingerprint density at radius 2 is 0.895 bits per heavy atom. The molecule has 0 aliphatic carbocycles. The Labute approximate surface area is 232 Å². The standard InChI is InChI=1S/C36H26S2/c1-25-3-7-27(8-4-25)15-19-33-23-31-17-13-29(21-35(31)37-33)11-12-30-14-18-32-24-34(38-36(32)22-30)20-16-28-9-5-26(2)6-10-28/h3-10,13-24H,1-2H3. The lowest BCUT2D eigenvalue weighted by atomic mass is 10.1. The minimum Gasteiger partial charge on any atom is -0.136 e. The number of hydrogen-bond acceptors (Lipinski definition) is 2. The summed E-state index contributed by atoms with van der Waals surface area (Å²) in [7, 11) is 0. The van der Waals surface area contributed by atoms with Gasteiger partial charge in [0.05, 0.1) is 0 Å². The monoisotopic (exact) mass is 522 g/mol. The van der Waals surface area contributed by atoms with Crippen LogP contribution in [0, 0.1) is 25.7 Å². The second kappa shape index (κ2) is 10.7. The molecule has 2 aromatic heterocycles. The van der Waals surface area contributed by atoms with E-state index in [1.165, 1.54) is 52.2 Å². The van der Waals surface area contributed by atoms with Gasteiger partial charge in [-0.1, -0.05) is 95.8 Å². The van der Waals surface area contributed by atoms with Gasteiger partial charge in [-0.05, 0) is 84.3 Å². The maximum absolute atomic E-state index is 3.38. The third-order valence-corrected chi connectivity index (χ3v) is 8.59. The average Bonchev–Trinajstić information content (AvgIpc) is 3.54. The number of benzene rings is 4. The van der Waals surface area contributed by atoms with Crippen LogP contribution < -0.4 is 0 Å². The highest BCUT2D eigenvalue weighted by Crippen LogP contribution is 2.29. The van der Waals surface area contributed by atoms with Crippen molar-refractivity contribution >= 4 is 67.1 Å². The third kappa shape index (κ3) is 5.71. The van der Waals surface area contributed by atoms with Gasteiger partial charge in [-0.25, -0.2) is 0 Å². The topological polar surface area (TPSA) is 0 Å². The summed E-state index contributed by atoms with van der Waals surface area (Å²) in [5.41, 5.74) is 7.09. The molecule has 0 aliphatic heterocycles. The molecule has 0 fully saturated rings. The van der Waals surface area contributed by atoms with Gasteiger partial charge in [-0.3, -0.25) is 0 Å². The lowest BCUT2D eigenvalue weighted by Crippen LogP contribution is -1.75. The van der Waals surface area contributed by atoms with Crippen LogP contribution >= 0.6 is 22.7 Å². The van der Waals surface area contributed by atoms with Crippen molar-refractivity contribution in [3.8, 4) is 11.8 Å². The van der Waals surface area contributed by atoms with Crippen molar-refractivity contribution in [3.05, 3.63) is 140 Å². The first kappa shape index (κ1) is 24.2. The normalized spacial score (nSPS) is 11.5. The summed E-state index contributed by atoms with van der Waals surface area (Å²) < 4.78 is 2.53. The lowest BCUT2D eigenvalue weighted by molar-refractivity contribution is 1.46. The van der Waals surface area contributed by atoms with Crippen LogP contribution in [0.15, 0.2) is 97.1 Å². The smallest absolute Gasteiger partial charge is 0.0361 e. The number of fused-ring (bicyclic) bond motifs is 2. The molecule has 0 N–H and O–H groups in total. The molecule has 2 heteroatoms. The van der Waals surface area contributed by atoms with Crippen molar-refractivity contribution in [2.24, 2.45) is 0 Å². The molecule has 0 aliphatic rings. The van der Waals surface area contributed by atoms with E-state index in [9.17, 15) is 0 Å². The fourth-order valence-corrected chi connectivity index (χ4v) is 6.29. The van der Waals surface area contributed by atoms with E-state index in [0.29, 0.717) is 0 Å². The van der Waals surface area contributed by atoms with E-state index in [4.69, 9.17) is 0 Å². The molecule has 6 aromatic rings. The van der Waals surface area contributed by atoms with Gasteiger partial charge in [0.15, 0.2) is 0 Å². The zero-order chi connectivity index (χ0) is 25.9. The van der Waals surface area contributed by atoms with Gasteiger partial charge >= 0.3 is 0 Å². The molecule has 2 heterocycles. The molecule has 182 valence electrons. The summed E-state index contributed by atoms with van der Waals surface area (Å²) in [6.45, 7) is 4.23. The van der Waals surface area contributed by atoms with Crippen LogP contribution in [0.1, 0.15) is 43.1 Å². The summed E-state index contributed by atoms with van der Waals surface area (Å²) >= 11 is 3.61. The van der Waals surface area contributed by atoms with Crippen LogP contribution in [0.4, 0.5) is 0 Å². The maximum Gasteiger partial charge on any atom is 0.0361 e. The second-order valence-corrected chi connectivity index (χ2v) is 11.8. The van der Waals surface area contributed by atoms with Crippen molar-refractivity contribution in [1.82, 2.24) is 0 Å². The zero-order valence-electron chi connectivity index (χ0n) is 21.4. The molecule has 6 rings (SSSR count). The highest BCUT2D eigenvalue weighted by atomic mass is 32.1. The molecular formula is C36H26S2. The molecule has 0 saturated carbocycles. The first-order valence-electron chi connectivity index (χ1n) is 12.7. The largest absolute Gasteiger partial charge is 0.136 e. The maximum atomic E-state index is 3.38. The van der Waals surface area contributed by atoms with Crippen molar-refractivity contribution in [2.45, 2.75) is 13.8 Å². The fourth-order valence-electron chi connectivity index (χ4n) is 4.28. The van der Waals surface area contributed by atoms with Gasteiger partial charge in [0.25, 0.3) is 0 Å². The van der Waals surface area contributed by atoms with Gasteiger partial charge in [0.1, 0.15) is 0 Å². The highest BCUT2D eigenvalue weighted by Gasteiger charge is 2.02. The van der Waals surface area contributed by atoms with Crippen LogP contribution in [0.2, 0.25) is 0 Å². The van der Waals surface area contributed by atoms with E-state index in [2.05, 4.69) is 147 Å². The Bertz CT molecular complexity index is 1720. The Hall–Kier alpha value is -4.16. The summed E-state index contributed by atoms with van der Waals surface area (Å²) in [6, 6.07) is 34.7. The molecule has 0 atom stereocenters. The summed E-state index contributed by atoms with van der Waals surface area (Å²) in [5, 5.41) is 2.52. The Balaban J connectivity index is 1.19. The van der Waals surface area contributed by atoms with E-state index < -0.39 is 0 Å².